The molecule has 4 aromatic rings. The van der Waals surface area contributed by atoms with Gasteiger partial charge in [0.25, 0.3) is 5.91 Å². The van der Waals surface area contributed by atoms with Crippen molar-refractivity contribution in [1.82, 2.24) is 15.4 Å². The van der Waals surface area contributed by atoms with Gasteiger partial charge < -0.3 is 5.11 Å². The smallest absolute Gasteiger partial charge is 0.336 e. The first-order chi connectivity index (χ1) is 14.6. The number of aromatic nitrogens is 2. The standard InChI is InChI=1S/C23H16N4O3/c28-22(27-25-14-16-5-1-2-6-17(16)23(29)30)19-13-21(15-9-11-24-12-10-15)26-20-8-4-3-7-18(19)20/h1-14H,(H,27,28)(H,29,30)/b25-14+. The first-order valence-corrected chi connectivity index (χ1v) is 9.09. The second-order valence-electron chi connectivity index (χ2n) is 6.40. The maximum Gasteiger partial charge on any atom is 0.336 e. The molecule has 0 saturated heterocycles. The topological polar surface area (TPSA) is 105 Å². The molecule has 0 unspecified atom stereocenters. The molecule has 0 aliphatic heterocycles. The van der Waals surface area contributed by atoms with Gasteiger partial charge >= 0.3 is 5.97 Å². The number of carbonyl (C=O) groups excluding carboxylic acids is 1. The van der Waals surface area contributed by atoms with E-state index in [2.05, 4.69) is 20.5 Å². The van der Waals surface area contributed by atoms with Crippen LogP contribution < -0.4 is 5.43 Å². The van der Waals surface area contributed by atoms with Gasteiger partial charge in [0.1, 0.15) is 0 Å². The molecule has 0 bridgehead atoms. The molecule has 0 aliphatic carbocycles. The van der Waals surface area contributed by atoms with E-state index in [9.17, 15) is 14.7 Å². The van der Waals surface area contributed by atoms with E-state index in [0.29, 0.717) is 27.7 Å². The zero-order valence-corrected chi connectivity index (χ0v) is 15.7. The molecule has 0 radical (unpaired) electrons. The van der Waals surface area contributed by atoms with Crippen molar-refractivity contribution in [2.75, 3.05) is 0 Å². The predicted octanol–water partition coefficient (Wildman–Crippen LogP) is 3.76. The Labute approximate surface area is 171 Å². The number of carboxylic acid groups (broad SMARTS) is 1. The summed E-state index contributed by atoms with van der Waals surface area (Å²) in [7, 11) is 0. The average molecular weight is 396 g/mol. The number of aromatic carboxylic acids is 1. The Morgan fingerprint density at radius 1 is 0.933 bits per heavy atom. The predicted molar refractivity (Wildman–Crippen MR) is 113 cm³/mol. The molecule has 146 valence electrons. The number of fused-ring (bicyclic) bond motifs is 1. The summed E-state index contributed by atoms with van der Waals surface area (Å²) < 4.78 is 0. The number of hydrazone groups is 1. The fourth-order valence-electron chi connectivity index (χ4n) is 3.06. The monoisotopic (exact) mass is 396 g/mol. The maximum atomic E-state index is 12.9. The van der Waals surface area contributed by atoms with Crippen LogP contribution in [-0.4, -0.2) is 33.2 Å². The van der Waals surface area contributed by atoms with Crippen LogP contribution in [0.25, 0.3) is 22.2 Å². The summed E-state index contributed by atoms with van der Waals surface area (Å²) in [6.07, 6.45) is 4.64. The minimum Gasteiger partial charge on any atom is -0.478 e. The molecule has 0 aliphatic rings. The van der Waals surface area contributed by atoms with E-state index in [-0.39, 0.29) is 5.56 Å². The Balaban J connectivity index is 1.67. The Morgan fingerprint density at radius 3 is 2.47 bits per heavy atom. The average Bonchev–Trinajstić information content (AvgIpc) is 2.79. The number of pyridine rings is 2. The molecule has 4 rings (SSSR count). The van der Waals surface area contributed by atoms with Gasteiger partial charge in [0, 0.05) is 28.9 Å². The summed E-state index contributed by atoms with van der Waals surface area (Å²) in [5.74, 6) is -1.49. The summed E-state index contributed by atoms with van der Waals surface area (Å²) in [4.78, 5) is 32.8. The fourth-order valence-corrected chi connectivity index (χ4v) is 3.06. The fraction of sp³-hybridized carbons (Fsp3) is 0. The van der Waals surface area contributed by atoms with E-state index >= 15 is 0 Å². The van der Waals surface area contributed by atoms with E-state index in [0.717, 1.165) is 5.56 Å². The second kappa shape index (κ2) is 8.32. The van der Waals surface area contributed by atoms with Crippen LogP contribution in [0.15, 0.2) is 84.2 Å². The number of para-hydroxylation sites is 1. The first-order valence-electron chi connectivity index (χ1n) is 9.09. The van der Waals surface area contributed by atoms with E-state index in [4.69, 9.17) is 0 Å². The quantitative estimate of drug-likeness (QED) is 0.395. The van der Waals surface area contributed by atoms with Crippen molar-refractivity contribution in [2.45, 2.75) is 0 Å². The molecule has 2 N–H and O–H groups in total. The first kappa shape index (κ1) is 18.9. The zero-order chi connectivity index (χ0) is 20.9. The second-order valence-corrected chi connectivity index (χ2v) is 6.40. The number of benzene rings is 2. The Kier molecular flexibility index (Phi) is 5.25. The van der Waals surface area contributed by atoms with Gasteiger partial charge in [0.2, 0.25) is 0 Å². The van der Waals surface area contributed by atoms with Crippen molar-refractivity contribution >= 4 is 29.0 Å². The van der Waals surface area contributed by atoms with E-state index < -0.39 is 11.9 Å². The van der Waals surface area contributed by atoms with Crippen LogP contribution >= 0.6 is 0 Å². The molecular formula is C23H16N4O3. The molecular weight excluding hydrogens is 380 g/mol. The van der Waals surface area contributed by atoms with Crippen LogP contribution in [0.5, 0.6) is 0 Å². The lowest BCUT2D eigenvalue weighted by Gasteiger charge is -2.09. The number of hydrogen-bond donors (Lipinski definition) is 2. The van der Waals surface area contributed by atoms with Crippen molar-refractivity contribution in [1.29, 1.82) is 0 Å². The number of carboxylic acids is 1. The van der Waals surface area contributed by atoms with Crippen LogP contribution in [0, 0.1) is 0 Å². The molecule has 0 saturated carbocycles. The lowest BCUT2D eigenvalue weighted by Crippen LogP contribution is -2.18. The minimum absolute atomic E-state index is 0.102. The largest absolute Gasteiger partial charge is 0.478 e. The molecule has 2 aromatic carbocycles. The third kappa shape index (κ3) is 3.90. The summed E-state index contributed by atoms with van der Waals surface area (Å²) in [5.41, 5.74) is 5.54. The van der Waals surface area contributed by atoms with Gasteiger partial charge in [0.05, 0.1) is 28.6 Å². The highest BCUT2D eigenvalue weighted by atomic mass is 16.4. The highest BCUT2D eigenvalue weighted by Gasteiger charge is 2.14. The van der Waals surface area contributed by atoms with Crippen LogP contribution in [-0.2, 0) is 0 Å². The molecule has 7 nitrogen and oxygen atoms in total. The van der Waals surface area contributed by atoms with Crippen molar-refractivity contribution < 1.29 is 14.7 Å². The highest BCUT2D eigenvalue weighted by molar-refractivity contribution is 6.07. The number of nitrogens with one attached hydrogen (secondary N) is 1. The van der Waals surface area contributed by atoms with Gasteiger partial charge in [-0.1, -0.05) is 36.4 Å². The molecule has 0 spiro atoms. The third-order valence-electron chi connectivity index (χ3n) is 4.50. The lowest BCUT2D eigenvalue weighted by atomic mass is 10.0. The minimum atomic E-state index is -1.06. The Bertz CT molecular complexity index is 1270. The molecule has 1 amide bonds. The van der Waals surface area contributed by atoms with Crippen LogP contribution in [0.4, 0.5) is 0 Å². The van der Waals surface area contributed by atoms with Gasteiger partial charge in [-0.2, -0.15) is 5.10 Å². The Hall–Kier alpha value is -4.39. The number of carbonyl (C=O) groups is 2. The molecule has 0 atom stereocenters. The number of amides is 1. The third-order valence-corrected chi connectivity index (χ3v) is 4.50. The van der Waals surface area contributed by atoms with Crippen molar-refractivity contribution in [3.8, 4) is 11.3 Å². The normalized spacial score (nSPS) is 10.9. The maximum absolute atomic E-state index is 12.9. The molecule has 0 fully saturated rings. The molecule has 2 heterocycles. The molecule has 7 heteroatoms. The number of nitrogens with zero attached hydrogens (tertiary/aromatic N) is 3. The van der Waals surface area contributed by atoms with Crippen molar-refractivity contribution in [2.24, 2.45) is 5.10 Å². The SMILES string of the molecule is O=C(O)c1ccccc1/C=N/NC(=O)c1cc(-c2ccncc2)nc2ccccc12. The molecule has 2 aromatic heterocycles. The summed E-state index contributed by atoms with van der Waals surface area (Å²) in [6.45, 7) is 0. The summed E-state index contributed by atoms with van der Waals surface area (Å²) >= 11 is 0. The molecule has 30 heavy (non-hydrogen) atoms. The van der Waals surface area contributed by atoms with E-state index in [1.54, 1.807) is 36.7 Å². The summed E-state index contributed by atoms with van der Waals surface area (Å²) in [6, 6.07) is 19.1. The van der Waals surface area contributed by atoms with Crippen molar-refractivity contribution in [3.63, 3.8) is 0 Å². The van der Waals surface area contributed by atoms with Gasteiger partial charge in [-0.15, -0.1) is 0 Å². The van der Waals surface area contributed by atoms with Crippen LogP contribution in [0.1, 0.15) is 26.3 Å². The van der Waals surface area contributed by atoms with E-state index in [1.807, 2.05) is 36.4 Å². The van der Waals surface area contributed by atoms with Crippen molar-refractivity contribution in [3.05, 3.63) is 95.8 Å². The van der Waals surface area contributed by atoms with Gasteiger partial charge in [0.15, 0.2) is 0 Å². The zero-order valence-electron chi connectivity index (χ0n) is 15.7. The highest BCUT2D eigenvalue weighted by Crippen LogP contribution is 2.24. The Morgan fingerprint density at radius 2 is 1.67 bits per heavy atom. The van der Waals surface area contributed by atoms with Gasteiger partial charge in [-0.3, -0.25) is 9.78 Å². The van der Waals surface area contributed by atoms with Gasteiger partial charge in [-0.05, 0) is 30.3 Å². The number of rotatable bonds is 5. The van der Waals surface area contributed by atoms with Crippen LogP contribution in [0.3, 0.4) is 0 Å². The van der Waals surface area contributed by atoms with Gasteiger partial charge in [-0.25, -0.2) is 15.2 Å². The summed E-state index contributed by atoms with van der Waals surface area (Å²) in [5, 5.41) is 13.9. The lowest BCUT2D eigenvalue weighted by molar-refractivity contribution is 0.0696. The van der Waals surface area contributed by atoms with E-state index in [1.165, 1.54) is 12.3 Å². The van der Waals surface area contributed by atoms with Crippen LogP contribution in [0.2, 0.25) is 0 Å². The number of hydrogen-bond acceptors (Lipinski definition) is 5.